The van der Waals surface area contributed by atoms with Crippen LogP contribution in [0.5, 0.6) is 0 Å². The van der Waals surface area contributed by atoms with E-state index in [-0.39, 0.29) is 62.9 Å². The number of halogens is 3. The van der Waals surface area contributed by atoms with E-state index in [1.165, 1.54) is 25.3 Å². The molecule has 0 unspecified atom stereocenters. The van der Waals surface area contributed by atoms with Crippen LogP contribution in [0.15, 0.2) is 18.3 Å². The molecule has 1 heterocycles. The van der Waals surface area contributed by atoms with Gasteiger partial charge in [0.05, 0.1) is 0 Å². The van der Waals surface area contributed by atoms with E-state index in [9.17, 15) is 17.7 Å². The Balaban J connectivity index is 0.00000196. The Kier molecular flexibility index (Phi) is 6.27. The first kappa shape index (κ1) is 15.3. The molecule has 0 amide bonds. The monoisotopic (exact) mass is 241 g/mol. The van der Waals surface area contributed by atoms with E-state index in [1.807, 2.05) is 0 Å². The van der Waals surface area contributed by atoms with Gasteiger partial charge in [0.15, 0.2) is 5.78 Å². The molecule has 0 saturated carbocycles. The van der Waals surface area contributed by atoms with E-state index in [1.54, 1.807) is 0 Å². The topological polar surface area (TPSA) is 30.0 Å². The Morgan fingerprint density at radius 3 is 2.33 bits per heavy atom. The van der Waals surface area contributed by atoms with E-state index in [4.69, 9.17) is 0 Å². The van der Waals surface area contributed by atoms with E-state index < -0.39 is 13.3 Å². The van der Waals surface area contributed by atoms with Crippen LogP contribution >= 0.6 is 0 Å². The van der Waals surface area contributed by atoms with Crippen molar-refractivity contribution in [1.82, 2.24) is 4.98 Å². The van der Waals surface area contributed by atoms with Gasteiger partial charge in [-0.15, -0.1) is 0 Å². The number of rotatable bonds is 3. The number of hydrogen-bond donors (Lipinski definition) is 0. The molecule has 2 nitrogen and oxygen atoms in total. The van der Waals surface area contributed by atoms with Crippen molar-refractivity contribution in [3.63, 3.8) is 0 Å². The molecule has 0 spiro atoms. The molecule has 0 aliphatic rings. The number of Topliss-reactive ketones (excluding diaryl/α,β-unsaturated/α-hetero) is 1. The average Bonchev–Trinajstić information content (AvgIpc) is 2.02. The van der Waals surface area contributed by atoms with Gasteiger partial charge in [-0.2, -0.15) is 0 Å². The van der Waals surface area contributed by atoms with Crippen LogP contribution in [0.1, 0.15) is 23.0 Å². The molecule has 0 aliphatic heterocycles. The maximum absolute atomic E-state index is 12.0. The van der Waals surface area contributed by atoms with Gasteiger partial charge in [-0.25, -0.2) is 0 Å². The van der Waals surface area contributed by atoms with Gasteiger partial charge in [0.2, 0.25) is 0 Å². The molecule has 1 aromatic rings. The quantitative estimate of drug-likeness (QED) is 0.513. The van der Waals surface area contributed by atoms with Crippen molar-refractivity contribution in [3.05, 3.63) is 29.6 Å². The first-order chi connectivity index (χ1) is 6.38. The fourth-order valence-electron chi connectivity index (χ4n) is 0.991. The van der Waals surface area contributed by atoms with Crippen LogP contribution in [0.2, 0.25) is 0 Å². The molecule has 0 atom stereocenters. The van der Waals surface area contributed by atoms with Gasteiger partial charge in [0.1, 0.15) is 0 Å². The van der Waals surface area contributed by atoms with Crippen LogP contribution in [0.3, 0.4) is 0 Å². The summed E-state index contributed by atoms with van der Waals surface area (Å²) in [6.07, 6.45) is 0.164. The Hall–Kier alpha value is 0.311. The van der Waals surface area contributed by atoms with E-state index in [0.717, 1.165) is 0 Å². The first-order valence-corrected chi connectivity index (χ1v) is 4.05. The van der Waals surface area contributed by atoms with Crippen molar-refractivity contribution >= 4 is 12.8 Å². The molecule has 0 bridgehead atoms. The molecular weight excluding hydrogens is 233 g/mol. The second kappa shape index (κ2) is 6.15. The smallest absolute Gasteiger partial charge is 0.449 e. The number of aromatic nitrogens is 1. The first-order valence-electron chi connectivity index (χ1n) is 4.05. The van der Waals surface area contributed by atoms with Crippen molar-refractivity contribution in [1.29, 1.82) is 0 Å². The van der Waals surface area contributed by atoms with Crippen LogP contribution < -0.4 is 51.4 Å². The summed E-state index contributed by atoms with van der Waals surface area (Å²) in [6, 6.07) is 2.58. The molecule has 0 aliphatic carbocycles. The molecule has 1 rings (SSSR count). The number of carbonyl (C=O) groups excluding carboxylic acids is 1. The Bertz CT molecular complexity index is 339. The molecule has 15 heavy (non-hydrogen) atoms. The van der Waals surface area contributed by atoms with Gasteiger partial charge in [0.25, 0.3) is 0 Å². The van der Waals surface area contributed by atoms with Gasteiger partial charge < -0.3 is 12.9 Å². The molecule has 0 fully saturated rings. The summed E-state index contributed by atoms with van der Waals surface area (Å²) < 4.78 is 35.9. The minimum atomic E-state index is -4.86. The van der Waals surface area contributed by atoms with E-state index in [2.05, 4.69) is 4.98 Å². The van der Waals surface area contributed by atoms with Gasteiger partial charge in [-0.3, -0.25) is 9.78 Å². The number of ketones is 1. The Morgan fingerprint density at radius 1 is 1.40 bits per heavy atom. The molecule has 0 N–H and O–H groups in total. The zero-order valence-electron chi connectivity index (χ0n) is 8.51. The molecule has 0 aromatic carbocycles. The van der Waals surface area contributed by atoms with Crippen LogP contribution in [-0.2, 0) is 6.32 Å². The molecule has 1 aromatic heterocycles. The average molecular weight is 241 g/mol. The van der Waals surface area contributed by atoms with Crippen LogP contribution in [-0.4, -0.2) is 17.7 Å². The third kappa shape index (κ3) is 5.82. The third-order valence-corrected chi connectivity index (χ3v) is 1.67. The minimum absolute atomic E-state index is 0. The summed E-state index contributed by atoms with van der Waals surface area (Å²) in [5.41, 5.74) is 0.269. The Morgan fingerprint density at radius 2 is 2.00 bits per heavy atom. The van der Waals surface area contributed by atoms with Gasteiger partial charge in [0, 0.05) is 17.5 Å². The molecule has 0 saturated heterocycles. The van der Waals surface area contributed by atoms with Crippen molar-refractivity contribution < 1.29 is 69.1 Å². The molecule has 7 heteroatoms. The minimum Gasteiger partial charge on any atom is -0.449 e. The van der Waals surface area contributed by atoms with Crippen molar-refractivity contribution in [2.24, 2.45) is 0 Å². The van der Waals surface area contributed by atoms with Crippen LogP contribution in [0.4, 0.5) is 12.9 Å². The predicted octanol–water partition coefficient (Wildman–Crippen LogP) is -0.783. The number of carbonyl (C=O) groups is 1. The van der Waals surface area contributed by atoms with E-state index >= 15 is 0 Å². The number of nitrogens with zero attached hydrogens (tertiary/aromatic N) is 1. The number of hydrogen-bond acceptors (Lipinski definition) is 2. The largest absolute Gasteiger partial charge is 1.00 e. The molecule has 76 valence electrons. The summed E-state index contributed by atoms with van der Waals surface area (Å²) in [6.45, 7) is -3.52. The maximum atomic E-state index is 12.0. The third-order valence-electron chi connectivity index (χ3n) is 1.67. The summed E-state index contributed by atoms with van der Waals surface area (Å²) in [5, 5.41) is 0. The molecular formula is C8H8BF3KNO. The zero-order chi connectivity index (χ0) is 10.8. The van der Waals surface area contributed by atoms with Crippen LogP contribution in [0, 0.1) is 0 Å². The summed E-state index contributed by atoms with van der Waals surface area (Å²) >= 11 is 0. The summed E-state index contributed by atoms with van der Waals surface area (Å²) in [7, 11) is 0. The molecule has 0 radical (unpaired) electrons. The predicted molar refractivity (Wildman–Crippen MR) is 47.0 cm³/mol. The summed E-state index contributed by atoms with van der Waals surface area (Å²) in [4.78, 5) is 14.3. The van der Waals surface area contributed by atoms with Crippen molar-refractivity contribution in [2.75, 3.05) is 0 Å². The van der Waals surface area contributed by atoms with E-state index in [0.29, 0.717) is 5.56 Å². The van der Waals surface area contributed by atoms with Gasteiger partial charge >= 0.3 is 58.4 Å². The number of pyridine rings is 1. The zero-order valence-corrected chi connectivity index (χ0v) is 11.6. The summed E-state index contributed by atoms with van der Waals surface area (Å²) in [5.74, 6) is -0.207. The van der Waals surface area contributed by atoms with Crippen molar-refractivity contribution in [3.8, 4) is 0 Å². The SMILES string of the molecule is CC(=O)c1ccc(C[B-](F)(F)F)nc1.[K+]. The fraction of sp³-hybridized carbons (Fsp3) is 0.250. The second-order valence-electron chi connectivity index (χ2n) is 3.01. The normalized spacial score (nSPS) is 10.7. The van der Waals surface area contributed by atoms with Crippen molar-refractivity contribution in [2.45, 2.75) is 13.2 Å². The van der Waals surface area contributed by atoms with Gasteiger partial charge in [-0.1, -0.05) is 0 Å². The standard InChI is InChI=1S/C8H8BF3NO.K/c1-6(14)7-2-3-8(13-5-7)4-9(10,11)12;/h2-3,5H,4H2,1H3;/q-1;+1. The fourth-order valence-corrected chi connectivity index (χ4v) is 0.991. The van der Waals surface area contributed by atoms with Gasteiger partial charge in [-0.05, 0) is 25.4 Å². The second-order valence-corrected chi connectivity index (χ2v) is 3.01. The van der Waals surface area contributed by atoms with Crippen LogP contribution in [0.25, 0.3) is 0 Å². The maximum Gasteiger partial charge on any atom is 1.00 e. The Labute approximate surface area is 128 Å².